The minimum atomic E-state index is -0.445. The van der Waals surface area contributed by atoms with Gasteiger partial charge < -0.3 is 9.47 Å². The van der Waals surface area contributed by atoms with Crippen LogP contribution in [0.4, 0.5) is 5.13 Å². The SMILES string of the molecule is CN(C)c1nc2c(s1)C=Cc1cc(Cl)ccc1C2c1cn(C)c(=O)[nH]c1=O. The predicted molar refractivity (Wildman–Crippen MR) is 110 cm³/mol. The maximum Gasteiger partial charge on any atom is 0.328 e. The van der Waals surface area contributed by atoms with E-state index in [2.05, 4.69) is 4.98 Å². The summed E-state index contributed by atoms with van der Waals surface area (Å²) in [5, 5.41) is 1.48. The van der Waals surface area contributed by atoms with Crippen molar-refractivity contribution in [2.45, 2.75) is 5.92 Å². The first kappa shape index (κ1) is 17.8. The normalized spacial score (nSPS) is 15.2. The molecule has 3 aromatic rings. The van der Waals surface area contributed by atoms with Crippen LogP contribution in [0.2, 0.25) is 5.02 Å². The van der Waals surface area contributed by atoms with E-state index in [9.17, 15) is 9.59 Å². The number of rotatable bonds is 2. The molecular formula is C19H17ClN4O2S. The van der Waals surface area contributed by atoms with E-state index in [0.29, 0.717) is 10.6 Å². The smallest absolute Gasteiger partial charge is 0.328 e. The van der Waals surface area contributed by atoms with E-state index in [-0.39, 0.29) is 0 Å². The number of thiazole rings is 1. The summed E-state index contributed by atoms with van der Waals surface area (Å²) < 4.78 is 1.38. The van der Waals surface area contributed by atoms with Gasteiger partial charge in [-0.15, -0.1) is 0 Å². The summed E-state index contributed by atoms with van der Waals surface area (Å²) in [5.41, 5.74) is 2.27. The van der Waals surface area contributed by atoms with Crippen LogP contribution in [-0.2, 0) is 7.05 Å². The van der Waals surface area contributed by atoms with Crippen molar-refractivity contribution < 1.29 is 0 Å². The lowest BCUT2D eigenvalue weighted by atomic mass is 9.87. The molecule has 8 heteroatoms. The second-order valence-electron chi connectivity index (χ2n) is 6.63. The quantitative estimate of drug-likeness (QED) is 0.561. The third-order valence-corrected chi connectivity index (χ3v) is 5.99. The molecule has 0 aliphatic heterocycles. The second-order valence-corrected chi connectivity index (χ2v) is 8.08. The van der Waals surface area contributed by atoms with E-state index in [0.717, 1.165) is 26.8 Å². The molecule has 2 aromatic heterocycles. The number of anilines is 1. The molecule has 0 saturated heterocycles. The van der Waals surface area contributed by atoms with Gasteiger partial charge in [0.1, 0.15) is 0 Å². The topological polar surface area (TPSA) is 71.0 Å². The van der Waals surface area contributed by atoms with E-state index in [4.69, 9.17) is 16.6 Å². The van der Waals surface area contributed by atoms with Crippen LogP contribution in [-0.4, -0.2) is 28.6 Å². The van der Waals surface area contributed by atoms with E-state index in [1.165, 1.54) is 4.57 Å². The predicted octanol–water partition coefficient (Wildman–Crippen LogP) is 2.91. The maximum atomic E-state index is 12.7. The Hall–Kier alpha value is -2.64. The maximum absolute atomic E-state index is 12.7. The van der Waals surface area contributed by atoms with Crippen molar-refractivity contribution >= 4 is 40.2 Å². The number of nitrogens with one attached hydrogen (secondary N) is 1. The van der Waals surface area contributed by atoms with E-state index < -0.39 is 17.2 Å². The molecule has 0 radical (unpaired) electrons. The summed E-state index contributed by atoms with van der Waals surface area (Å²) in [6.45, 7) is 0. The summed E-state index contributed by atoms with van der Waals surface area (Å²) in [6, 6.07) is 5.60. The minimum absolute atomic E-state index is 0.400. The Morgan fingerprint density at radius 1 is 1.22 bits per heavy atom. The highest BCUT2D eigenvalue weighted by molar-refractivity contribution is 7.16. The first-order valence-electron chi connectivity index (χ1n) is 8.30. The molecule has 2 heterocycles. The number of aromatic nitrogens is 3. The van der Waals surface area contributed by atoms with Crippen LogP contribution < -0.4 is 16.1 Å². The Morgan fingerprint density at radius 3 is 2.74 bits per heavy atom. The molecule has 0 saturated carbocycles. The summed E-state index contributed by atoms with van der Waals surface area (Å²) in [5.74, 6) is -0.400. The molecule has 27 heavy (non-hydrogen) atoms. The molecule has 1 aromatic carbocycles. The van der Waals surface area contributed by atoms with Crippen molar-refractivity contribution in [2.24, 2.45) is 7.05 Å². The molecule has 0 amide bonds. The van der Waals surface area contributed by atoms with Gasteiger partial charge in [0.25, 0.3) is 5.56 Å². The molecular weight excluding hydrogens is 384 g/mol. The van der Waals surface area contributed by atoms with Crippen molar-refractivity contribution in [3.8, 4) is 0 Å². The van der Waals surface area contributed by atoms with Crippen LogP contribution in [0, 0.1) is 0 Å². The van der Waals surface area contributed by atoms with Crippen molar-refractivity contribution in [3.05, 3.63) is 77.5 Å². The second kappa shape index (κ2) is 6.51. The summed E-state index contributed by atoms with van der Waals surface area (Å²) in [7, 11) is 5.49. The average molecular weight is 401 g/mol. The average Bonchev–Trinajstić information content (AvgIpc) is 2.97. The largest absolute Gasteiger partial charge is 0.354 e. The number of aryl methyl sites for hydroxylation is 1. The number of fused-ring (bicyclic) bond motifs is 2. The summed E-state index contributed by atoms with van der Waals surface area (Å²) >= 11 is 7.74. The Bertz CT molecular complexity index is 1190. The highest BCUT2D eigenvalue weighted by atomic mass is 35.5. The van der Waals surface area contributed by atoms with Crippen molar-refractivity contribution in [2.75, 3.05) is 19.0 Å². The zero-order valence-corrected chi connectivity index (χ0v) is 16.6. The van der Waals surface area contributed by atoms with Gasteiger partial charge in [-0.3, -0.25) is 9.78 Å². The Morgan fingerprint density at radius 2 is 2.00 bits per heavy atom. The van der Waals surface area contributed by atoms with Crippen LogP contribution >= 0.6 is 22.9 Å². The minimum Gasteiger partial charge on any atom is -0.354 e. The van der Waals surface area contributed by atoms with Gasteiger partial charge in [-0.25, -0.2) is 9.78 Å². The number of aromatic amines is 1. The fraction of sp³-hybridized carbons (Fsp3) is 0.211. The zero-order chi connectivity index (χ0) is 19.3. The first-order valence-corrected chi connectivity index (χ1v) is 9.50. The number of nitrogens with zero attached hydrogens (tertiary/aromatic N) is 3. The van der Waals surface area contributed by atoms with E-state index in [1.807, 2.05) is 49.3 Å². The fourth-order valence-corrected chi connectivity index (χ4v) is 4.33. The van der Waals surface area contributed by atoms with Crippen LogP contribution in [0.3, 0.4) is 0 Å². The molecule has 6 nitrogen and oxygen atoms in total. The van der Waals surface area contributed by atoms with Gasteiger partial charge in [-0.2, -0.15) is 0 Å². The lowest BCUT2D eigenvalue weighted by molar-refractivity contribution is 0.760. The number of hydrogen-bond donors (Lipinski definition) is 1. The zero-order valence-electron chi connectivity index (χ0n) is 15.0. The van der Waals surface area contributed by atoms with Gasteiger partial charge in [-0.1, -0.05) is 35.1 Å². The molecule has 1 aliphatic rings. The monoisotopic (exact) mass is 400 g/mol. The molecule has 0 spiro atoms. The fourth-order valence-electron chi connectivity index (χ4n) is 3.22. The molecule has 0 fully saturated rings. The lowest BCUT2D eigenvalue weighted by Crippen LogP contribution is -2.32. The molecule has 138 valence electrons. The Balaban J connectivity index is 2.05. The number of hydrogen-bond acceptors (Lipinski definition) is 5. The van der Waals surface area contributed by atoms with Crippen LogP contribution in [0.1, 0.15) is 33.2 Å². The summed E-state index contributed by atoms with van der Waals surface area (Å²) in [4.78, 5) is 34.6. The van der Waals surface area contributed by atoms with Gasteiger partial charge in [0.05, 0.1) is 16.5 Å². The van der Waals surface area contributed by atoms with Gasteiger partial charge >= 0.3 is 5.69 Å². The summed E-state index contributed by atoms with van der Waals surface area (Å²) in [6.07, 6.45) is 5.59. The van der Waals surface area contributed by atoms with Gasteiger partial charge in [0.2, 0.25) is 0 Å². The number of halogens is 1. The molecule has 1 aliphatic carbocycles. The first-order chi connectivity index (χ1) is 12.8. The lowest BCUT2D eigenvalue weighted by Gasteiger charge is -2.18. The number of H-pyrrole nitrogens is 1. The van der Waals surface area contributed by atoms with Gasteiger partial charge in [0.15, 0.2) is 5.13 Å². The molecule has 0 bridgehead atoms. The Labute approximate surface area is 164 Å². The van der Waals surface area contributed by atoms with E-state index in [1.54, 1.807) is 24.6 Å². The third-order valence-electron chi connectivity index (χ3n) is 4.55. The van der Waals surface area contributed by atoms with Gasteiger partial charge in [-0.05, 0) is 29.3 Å². The number of benzene rings is 1. The van der Waals surface area contributed by atoms with Crippen molar-refractivity contribution in [1.29, 1.82) is 0 Å². The Kier molecular flexibility index (Phi) is 4.28. The van der Waals surface area contributed by atoms with Crippen LogP contribution in [0.5, 0.6) is 0 Å². The standard InChI is InChI=1S/C19H17ClN4O2S/c1-23(2)19-21-16-14(27-19)7-4-10-8-11(20)5-6-12(10)15(16)13-9-24(3)18(26)22-17(13)25/h4-9,15H,1-3H3,(H,22,25,26). The van der Waals surface area contributed by atoms with Crippen molar-refractivity contribution in [1.82, 2.24) is 14.5 Å². The van der Waals surface area contributed by atoms with E-state index >= 15 is 0 Å². The molecule has 4 rings (SSSR count). The molecule has 1 atom stereocenters. The third kappa shape index (κ3) is 3.02. The van der Waals surface area contributed by atoms with Crippen molar-refractivity contribution in [3.63, 3.8) is 0 Å². The molecule has 1 unspecified atom stereocenters. The highest BCUT2D eigenvalue weighted by Gasteiger charge is 2.30. The van der Waals surface area contributed by atoms with Gasteiger partial charge in [0, 0.05) is 37.9 Å². The van der Waals surface area contributed by atoms with Crippen LogP contribution in [0.25, 0.3) is 12.2 Å². The molecule has 1 N–H and O–H groups in total. The highest BCUT2D eigenvalue weighted by Crippen LogP contribution is 2.41. The van der Waals surface area contributed by atoms with Crippen LogP contribution in [0.15, 0.2) is 34.0 Å².